The Morgan fingerprint density at radius 3 is 2.37 bits per heavy atom. The summed E-state index contributed by atoms with van der Waals surface area (Å²) in [6, 6.07) is 9.03. The van der Waals surface area contributed by atoms with Crippen molar-refractivity contribution in [2.45, 2.75) is 31.9 Å². The summed E-state index contributed by atoms with van der Waals surface area (Å²) in [5, 5.41) is 5.54. The number of aryl methyl sites for hydroxylation is 1. The maximum absolute atomic E-state index is 13.6. The number of carbonyl (C=O) groups excluding carboxylic acids is 1. The molecule has 2 heterocycles. The SMILES string of the molecule is CNc1ncc(-c2cc(C(=O)Nc3cc(C4CCN(C)CC4)cc(C(F)(F)F)c3)ccc2C)cn1. The molecule has 1 amide bonds. The molecule has 2 N–H and O–H groups in total. The third kappa shape index (κ3) is 5.79. The standard InChI is InChI=1S/C26H28F3N5O/c1-16-4-5-18(12-23(16)20-14-31-25(30-2)32-15-20)24(35)33-22-11-19(10-21(13-22)26(27,28)29)17-6-8-34(3)9-7-17/h4-5,10-15,17H,6-9H2,1-3H3,(H,33,35)(H,30,31,32). The summed E-state index contributed by atoms with van der Waals surface area (Å²) in [6.07, 6.45) is 0.367. The molecule has 0 saturated carbocycles. The third-order valence-electron chi connectivity index (χ3n) is 6.42. The van der Waals surface area contributed by atoms with Gasteiger partial charge in [-0.15, -0.1) is 0 Å². The van der Waals surface area contributed by atoms with Crippen molar-refractivity contribution in [1.29, 1.82) is 0 Å². The van der Waals surface area contributed by atoms with E-state index in [2.05, 4.69) is 25.5 Å². The van der Waals surface area contributed by atoms with Crippen LogP contribution in [-0.2, 0) is 6.18 Å². The van der Waals surface area contributed by atoms with Crippen LogP contribution in [0.1, 0.15) is 45.8 Å². The van der Waals surface area contributed by atoms with Crippen LogP contribution in [-0.4, -0.2) is 48.0 Å². The van der Waals surface area contributed by atoms with Crippen LogP contribution in [0.2, 0.25) is 0 Å². The molecule has 6 nitrogen and oxygen atoms in total. The zero-order valence-electron chi connectivity index (χ0n) is 19.9. The van der Waals surface area contributed by atoms with Crippen molar-refractivity contribution in [3.05, 3.63) is 71.0 Å². The van der Waals surface area contributed by atoms with Crippen molar-refractivity contribution in [3.63, 3.8) is 0 Å². The lowest BCUT2D eigenvalue weighted by Crippen LogP contribution is -2.29. The minimum atomic E-state index is -4.50. The van der Waals surface area contributed by atoms with Crippen molar-refractivity contribution in [1.82, 2.24) is 14.9 Å². The van der Waals surface area contributed by atoms with Crippen molar-refractivity contribution in [2.24, 2.45) is 0 Å². The number of nitrogens with one attached hydrogen (secondary N) is 2. The molecule has 1 aliphatic rings. The number of alkyl halides is 3. The second-order valence-corrected chi connectivity index (χ2v) is 8.95. The second kappa shape index (κ2) is 10.0. The molecular formula is C26H28F3N5O. The maximum Gasteiger partial charge on any atom is 0.416 e. The average Bonchev–Trinajstić information content (AvgIpc) is 2.84. The topological polar surface area (TPSA) is 70.2 Å². The first-order valence-corrected chi connectivity index (χ1v) is 11.5. The Kier molecular flexibility index (Phi) is 7.07. The largest absolute Gasteiger partial charge is 0.416 e. The van der Waals surface area contributed by atoms with E-state index in [9.17, 15) is 18.0 Å². The van der Waals surface area contributed by atoms with Gasteiger partial charge in [0.25, 0.3) is 5.91 Å². The Morgan fingerprint density at radius 1 is 1.06 bits per heavy atom. The summed E-state index contributed by atoms with van der Waals surface area (Å²) >= 11 is 0. The van der Waals surface area contributed by atoms with E-state index in [0.29, 0.717) is 17.1 Å². The molecule has 1 aliphatic heterocycles. The number of hydrogen-bond acceptors (Lipinski definition) is 5. The number of rotatable bonds is 5. The number of hydrogen-bond donors (Lipinski definition) is 2. The minimum Gasteiger partial charge on any atom is -0.357 e. The summed E-state index contributed by atoms with van der Waals surface area (Å²) in [5.41, 5.74) is 2.76. The zero-order valence-corrected chi connectivity index (χ0v) is 19.9. The Hall–Kier alpha value is -3.46. The molecule has 35 heavy (non-hydrogen) atoms. The summed E-state index contributed by atoms with van der Waals surface area (Å²) in [5.74, 6) is 0.0219. The molecule has 0 unspecified atom stereocenters. The van der Waals surface area contributed by atoms with Crippen LogP contribution in [0.4, 0.5) is 24.8 Å². The van der Waals surface area contributed by atoms with Gasteiger partial charge in [0.15, 0.2) is 0 Å². The van der Waals surface area contributed by atoms with Gasteiger partial charge in [0.1, 0.15) is 0 Å². The number of anilines is 2. The number of carbonyl (C=O) groups is 1. The van der Waals surface area contributed by atoms with E-state index in [0.717, 1.165) is 48.7 Å². The molecule has 9 heteroatoms. The predicted octanol–water partition coefficient (Wildman–Crippen LogP) is 5.57. The monoisotopic (exact) mass is 483 g/mol. The number of piperidine rings is 1. The van der Waals surface area contributed by atoms with Gasteiger partial charge in [0.2, 0.25) is 5.95 Å². The number of benzene rings is 2. The average molecular weight is 484 g/mol. The van der Waals surface area contributed by atoms with Crippen molar-refractivity contribution in [2.75, 3.05) is 37.8 Å². The highest BCUT2D eigenvalue weighted by Crippen LogP contribution is 2.36. The van der Waals surface area contributed by atoms with Crippen molar-refractivity contribution < 1.29 is 18.0 Å². The summed E-state index contributed by atoms with van der Waals surface area (Å²) in [6.45, 7) is 3.56. The second-order valence-electron chi connectivity index (χ2n) is 8.95. The van der Waals surface area contributed by atoms with Crippen LogP contribution in [0.5, 0.6) is 0 Å². The Morgan fingerprint density at radius 2 is 1.74 bits per heavy atom. The normalized spacial score (nSPS) is 15.1. The lowest BCUT2D eigenvalue weighted by Gasteiger charge is -2.29. The quantitative estimate of drug-likeness (QED) is 0.496. The van der Waals surface area contributed by atoms with Gasteiger partial charge >= 0.3 is 6.18 Å². The molecule has 0 radical (unpaired) electrons. The molecule has 4 rings (SSSR count). The first-order chi connectivity index (χ1) is 16.6. The highest BCUT2D eigenvalue weighted by atomic mass is 19.4. The lowest BCUT2D eigenvalue weighted by molar-refractivity contribution is -0.137. The predicted molar refractivity (Wildman–Crippen MR) is 131 cm³/mol. The van der Waals surface area contributed by atoms with Crippen molar-refractivity contribution in [3.8, 4) is 11.1 Å². The van der Waals surface area contributed by atoms with Crippen molar-refractivity contribution >= 4 is 17.5 Å². The molecule has 184 valence electrons. The molecule has 1 aromatic heterocycles. The Labute approximate surface area is 202 Å². The molecule has 1 saturated heterocycles. The lowest BCUT2D eigenvalue weighted by atomic mass is 9.88. The fraction of sp³-hybridized carbons (Fsp3) is 0.346. The van der Waals surface area contributed by atoms with Crippen LogP contribution in [0.3, 0.4) is 0 Å². The number of halogens is 3. The van der Waals surface area contributed by atoms with Gasteiger partial charge in [0, 0.05) is 36.3 Å². The fourth-order valence-corrected chi connectivity index (χ4v) is 4.34. The first-order valence-electron chi connectivity index (χ1n) is 11.5. The highest BCUT2D eigenvalue weighted by molar-refractivity contribution is 6.05. The van der Waals surface area contributed by atoms with E-state index in [1.807, 2.05) is 14.0 Å². The molecule has 0 atom stereocenters. The fourth-order valence-electron chi connectivity index (χ4n) is 4.34. The van der Waals surface area contributed by atoms with E-state index < -0.39 is 17.6 Å². The summed E-state index contributed by atoms with van der Waals surface area (Å²) < 4.78 is 40.9. The Bertz CT molecular complexity index is 1200. The van der Waals surface area contributed by atoms with Crippen LogP contribution < -0.4 is 10.6 Å². The van der Waals surface area contributed by atoms with E-state index in [-0.39, 0.29) is 11.6 Å². The van der Waals surface area contributed by atoms with Gasteiger partial charge in [-0.25, -0.2) is 9.97 Å². The van der Waals surface area contributed by atoms with E-state index in [1.165, 1.54) is 6.07 Å². The van der Waals surface area contributed by atoms with Crippen LogP contribution >= 0.6 is 0 Å². The number of aromatic nitrogens is 2. The molecule has 1 fully saturated rings. The molecule has 0 spiro atoms. The van der Waals surface area contributed by atoms with E-state index in [1.54, 1.807) is 43.7 Å². The van der Waals surface area contributed by atoms with Gasteiger partial charge in [-0.1, -0.05) is 6.07 Å². The first kappa shape index (κ1) is 24.7. The summed E-state index contributed by atoms with van der Waals surface area (Å²) in [7, 11) is 3.72. The van der Waals surface area contributed by atoms with Gasteiger partial charge in [-0.2, -0.15) is 13.2 Å². The van der Waals surface area contributed by atoms with Gasteiger partial charge in [0.05, 0.1) is 5.56 Å². The number of nitrogens with zero attached hydrogens (tertiary/aromatic N) is 3. The smallest absolute Gasteiger partial charge is 0.357 e. The maximum atomic E-state index is 13.6. The number of amides is 1. The van der Waals surface area contributed by atoms with Crippen LogP contribution in [0, 0.1) is 6.92 Å². The van der Waals surface area contributed by atoms with E-state index >= 15 is 0 Å². The summed E-state index contributed by atoms with van der Waals surface area (Å²) in [4.78, 5) is 23.7. The molecule has 2 aromatic carbocycles. The zero-order chi connectivity index (χ0) is 25.2. The van der Waals surface area contributed by atoms with Gasteiger partial charge < -0.3 is 15.5 Å². The molecule has 0 bridgehead atoms. The Balaban J connectivity index is 1.62. The van der Waals surface area contributed by atoms with Gasteiger partial charge in [-0.05, 0) is 92.8 Å². The molecule has 0 aliphatic carbocycles. The molecular weight excluding hydrogens is 455 g/mol. The van der Waals surface area contributed by atoms with Crippen LogP contribution in [0.15, 0.2) is 48.8 Å². The van der Waals surface area contributed by atoms with E-state index in [4.69, 9.17) is 0 Å². The van der Waals surface area contributed by atoms with Gasteiger partial charge in [-0.3, -0.25) is 4.79 Å². The third-order valence-corrected chi connectivity index (χ3v) is 6.42. The number of likely N-dealkylation sites (tertiary alicyclic amines) is 1. The highest BCUT2D eigenvalue weighted by Gasteiger charge is 2.32. The molecule has 3 aromatic rings. The van der Waals surface area contributed by atoms with Crippen LogP contribution in [0.25, 0.3) is 11.1 Å². The minimum absolute atomic E-state index is 0.0238.